The fourth-order valence-corrected chi connectivity index (χ4v) is 3.90. The number of hydrogen-bond acceptors (Lipinski definition) is 4. The molecule has 3 aromatic rings. The number of rotatable bonds is 5. The number of benzene rings is 1. The molecule has 0 aliphatic rings. The molecule has 0 saturated carbocycles. The largest absolute Gasteiger partial charge is 0.465 e. The summed E-state index contributed by atoms with van der Waals surface area (Å²) in [6, 6.07) is 8.02. The highest BCUT2D eigenvalue weighted by atomic mass is 32.1. The molecule has 0 fully saturated rings. The van der Waals surface area contributed by atoms with E-state index in [4.69, 9.17) is 4.74 Å². The lowest BCUT2D eigenvalue weighted by Crippen LogP contribution is -2.14. The summed E-state index contributed by atoms with van der Waals surface area (Å²) in [4.78, 5) is 28.5. The number of aryl methyl sites for hydroxylation is 2. The number of nitrogens with one attached hydrogen (secondary N) is 2. The van der Waals surface area contributed by atoms with Crippen LogP contribution < -0.4 is 5.32 Å². The molecule has 0 aliphatic carbocycles. The first-order chi connectivity index (χ1) is 12.0. The highest BCUT2D eigenvalue weighted by molar-refractivity contribution is 7.16. The Hall–Kier alpha value is -2.60. The number of aromatic amines is 1. The fraction of sp³-hybridized carbons (Fsp3) is 0.263. The van der Waals surface area contributed by atoms with Crippen molar-refractivity contribution in [3.8, 4) is 0 Å². The summed E-state index contributed by atoms with van der Waals surface area (Å²) >= 11 is 1.40. The normalized spacial score (nSPS) is 10.8. The molecule has 1 aromatic carbocycles. The molecule has 6 heteroatoms. The van der Waals surface area contributed by atoms with Gasteiger partial charge in [0.25, 0.3) is 0 Å². The monoisotopic (exact) mass is 356 g/mol. The Morgan fingerprint density at radius 3 is 2.76 bits per heavy atom. The molecule has 0 saturated heterocycles. The average molecular weight is 356 g/mol. The Bertz CT molecular complexity index is 939. The first-order valence-electron chi connectivity index (χ1n) is 8.04. The molecule has 0 bridgehead atoms. The van der Waals surface area contributed by atoms with Crippen LogP contribution in [-0.2, 0) is 16.0 Å². The number of methoxy groups -OCH3 is 1. The van der Waals surface area contributed by atoms with E-state index in [1.165, 1.54) is 18.4 Å². The van der Waals surface area contributed by atoms with Crippen LogP contribution in [0, 0.1) is 13.8 Å². The minimum atomic E-state index is -0.422. The van der Waals surface area contributed by atoms with Crippen molar-refractivity contribution in [1.29, 1.82) is 0 Å². The number of anilines is 1. The molecule has 0 atom stereocenters. The van der Waals surface area contributed by atoms with Crippen molar-refractivity contribution >= 4 is 39.1 Å². The Morgan fingerprint density at radius 1 is 1.24 bits per heavy atom. The lowest BCUT2D eigenvalue weighted by Gasteiger charge is -2.06. The van der Waals surface area contributed by atoms with Gasteiger partial charge in [0.2, 0.25) is 5.91 Å². The van der Waals surface area contributed by atoms with Crippen LogP contribution in [0.25, 0.3) is 10.9 Å². The van der Waals surface area contributed by atoms with E-state index in [0.29, 0.717) is 23.4 Å². The SMILES string of the molecule is COC(=O)c1c(NC(=O)CCc2c[nH]c3ccccc23)sc(C)c1C. The van der Waals surface area contributed by atoms with Crippen molar-refractivity contribution in [3.63, 3.8) is 0 Å². The van der Waals surface area contributed by atoms with Crippen LogP contribution >= 0.6 is 11.3 Å². The van der Waals surface area contributed by atoms with Crippen molar-refractivity contribution in [1.82, 2.24) is 4.98 Å². The summed E-state index contributed by atoms with van der Waals surface area (Å²) in [5, 5.41) is 4.56. The topological polar surface area (TPSA) is 71.2 Å². The smallest absolute Gasteiger partial charge is 0.341 e. The second-order valence-corrected chi connectivity index (χ2v) is 7.11. The summed E-state index contributed by atoms with van der Waals surface area (Å²) in [5.74, 6) is -0.537. The maximum absolute atomic E-state index is 12.4. The molecule has 3 rings (SSSR count). The summed E-state index contributed by atoms with van der Waals surface area (Å²) in [6.07, 6.45) is 2.92. The van der Waals surface area contributed by atoms with Gasteiger partial charge in [-0.05, 0) is 37.5 Å². The van der Waals surface area contributed by atoms with Crippen LogP contribution in [0.2, 0.25) is 0 Å². The molecule has 0 radical (unpaired) electrons. The van der Waals surface area contributed by atoms with Crippen molar-refractivity contribution in [3.05, 3.63) is 52.0 Å². The maximum atomic E-state index is 12.4. The van der Waals surface area contributed by atoms with E-state index in [2.05, 4.69) is 10.3 Å². The standard InChI is InChI=1S/C19H20N2O3S/c1-11-12(2)25-18(17(11)19(23)24-3)21-16(22)9-8-13-10-20-15-7-5-4-6-14(13)15/h4-7,10,20H,8-9H2,1-3H3,(H,21,22). The number of esters is 1. The zero-order valence-electron chi connectivity index (χ0n) is 14.4. The van der Waals surface area contributed by atoms with Crippen molar-refractivity contribution in [2.75, 3.05) is 12.4 Å². The summed E-state index contributed by atoms with van der Waals surface area (Å²) in [7, 11) is 1.34. The van der Waals surface area contributed by atoms with E-state index in [9.17, 15) is 9.59 Å². The van der Waals surface area contributed by atoms with Gasteiger partial charge in [0.05, 0.1) is 12.7 Å². The van der Waals surface area contributed by atoms with Crippen LogP contribution in [0.5, 0.6) is 0 Å². The Labute approximate surface area is 150 Å². The van der Waals surface area contributed by atoms with Gasteiger partial charge in [0, 0.05) is 28.4 Å². The minimum Gasteiger partial charge on any atom is -0.465 e. The van der Waals surface area contributed by atoms with E-state index in [0.717, 1.165) is 26.9 Å². The third kappa shape index (κ3) is 3.44. The van der Waals surface area contributed by atoms with E-state index >= 15 is 0 Å². The van der Waals surface area contributed by atoms with E-state index in [1.54, 1.807) is 0 Å². The Balaban J connectivity index is 1.71. The lowest BCUT2D eigenvalue weighted by molar-refractivity contribution is -0.116. The van der Waals surface area contributed by atoms with Gasteiger partial charge in [-0.2, -0.15) is 0 Å². The van der Waals surface area contributed by atoms with Crippen LogP contribution in [0.1, 0.15) is 32.8 Å². The average Bonchev–Trinajstić information content (AvgIpc) is 3.14. The molecule has 2 aromatic heterocycles. The fourth-order valence-electron chi connectivity index (χ4n) is 2.84. The summed E-state index contributed by atoms with van der Waals surface area (Å²) < 4.78 is 4.83. The number of thiophene rings is 1. The molecular formula is C19H20N2O3S. The van der Waals surface area contributed by atoms with Crippen molar-refractivity contribution in [2.45, 2.75) is 26.7 Å². The zero-order valence-corrected chi connectivity index (χ0v) is 15.3. The highest BCUT2D eigenvalue weighted by Gasteiger charge is 2.21. The number of carbonyl (C=O) groups is 2. The maximum Gasteiger partial charge on any atom is 0.341 e. The van der Waals surface area contributed by atoms with E-state index in [1.807, 2.05) is 44.3 Å². The molecule has 0 spiro atoms. The summed E-state index contributed by atoms with van der Waals surface area (Å²) in [5.41, 5.74) is 3.47. The van der Waals surface area contributed by atoms with Crippen LogP contribution in [0.3, 0.4) is 0 Å². The number of amides is 1. The number of carbonyl (C=O) groups excluding carboxylic acids is 2. The first-order valence-corrected chi connectivity index (χ1v) is 8.86. The molecule has 2 heterocycles. The number of ether oxygens (including phenoxy) is 1. The van der Waals surface area contributed by atoms with Crippen LogP contribution in [0.4, 0.5) is 5.00 Å². The van der Waals surface area contributed by atoms with E-state index in [-0.39, 0.29) is 5.91 Å². The third-order valence-corrected chi connectivity index (χ3v) is 5.45. The third-order valence-electron chi connectivity index (χ3n) is 4.32. The first kappa shape index (κ1) is 17.2. The highest BCUT2D eigenvalue weighted by Crippen LogP contribution is 2.33. The number of para-hydroxylation sites is 1. The van der Waals surface area contributed by atoms with Gasteiger partial charge in [-0.15, -0.1) is 11.3 Å². The zero-order chi connectivity index (χ0) is 18.0. The van der Waals surface area contributed by atoms with Gasteiger partial charge in [-0.3, -0.25) is 4.79 Å². The molecule has 1 amide bonds. The van der Waals surface area contributed by atoms with Gasteiger partial charge in [0.15, 0.2) is 0 Å². The number of fused-ring (bicyclic) bond motifs is 1. The summed E-state index contributed by atoms with van der Waals surface area (Å²) in [6.45, 7) is 3.79. The number of hydrogen-bond donors (Lipinski definition) is 2. The second-order valence-electron chi connectivity index (χ2n) is 5.89. The van der Waals surface area contributed by atoms with E-state index < -0.39 is 5.97 Å². The second kappa shape index (κ2) is 7.11. The predicted molar refractivity (Wildman–Crippen MR) is 100 cm³/mol. The van der Waals surface area contributed by atoms with Gasteiger partial charge in [-0.1, -0.05) is 18.2 Å². The minimum absolute atomic E-state index is 0.114. The van der Waals surface area contributed by atoms with Crippen LogP contribution in [-0.4, -0.2) is 24.0 Å². The quantitative estimate of drug-likeness (QED) is 0.673. The van der Waals surface area contributed by atoms with Gasteiger partial charge >= 0.3 is 5.97 Å². The van der Waals surface area contributed by atoms with Crippen molar-refractivity contribution in [2.24, 2.45) is 0 Å². The number of H-pyrrole nitrogens is 1. The van der Waals surface area contributed by atoms with Gasteiger partial charge in [-0.25, -0.2) is 4.79 Å². The predicted octanol–water partition coefficient (Wildman–Crippen LogP) is 4.20. The molecule has 0 unspecified atom stereocenters. The molecule has 2 N–H and O–H groups in total. The molecular weight excluding hydrogens is 336 g/mol. The number of aromatic nitrogens is 1. The van der Waals surface area contributed by atoms with Gasteiger partial charge in [0.1, 0.15) is 5.00 Å². The Morgan fingerprint density at radius 2 is 2.00 bits per heavy atom. The molecule has 0 aliphatic heterocycles. The molecule has 130 valence electrons. The Kier molecular flexibility index (Phi) is 4.90. The molecule has 25 heavy (non-hydrogen) atoms. The molecule has 5 nitrogen and oxygen atoms in total. The van der Waals surface area contributed by atoms with Crippen molar-refractivity contribution < 1.29 is 14.3 Å². The van der Waals surface area contributed by atoms with Crippen LogP contribution in [0.15, 0.2) is 30.5 Å². The van der Waals surface area contributed by atoms with Gasteiger partial charge < -0.3 is 15.0 Å². The lowest BCUT2D eigenvalue weighted by atomic mass is 10.1.